The fourth-order valence-corrected chi connectivity index (χ4v) is 2.84. The van der Waals surface area contributed by atoms with Crippen molar-refractivity contribution in [2.24, 2.45) is 7.05 Å². The second kappa shape index (κ2) is 8.88. The van der Waals surface area contributed by atoms with Gasteiger partial charge in [-0.1, -0.05) is 6.92 Å². The number of aromatic nitrogens is 2. The summed E-state index contributed by atoms with van der Waals surface area (Å²) in [5.74, 6) is 1.27. The lowest BCUT2D eigenvalue weighted by Gasteiger charge is -2.29. The summed E-state index contributed by atoms with van der Waals surface area (Å²) in [6.45, 7) is 9.55. The third-order valence-corrected chi connectivity index (χ3v) is 4.03. The Hall–Kier alpha value is -1.60. The molecule has 1 aromatic rings. The quantitative estimate of drug-likeness (QED) is 0.685. The molecule has 2 heterocycles. The van der Waals surface area contributed by atoms with Gasteiger partial charge in [0.05, 0.1) is 18.9 Å². The summed E-state index contributed by atoms with van der Waals surface area (Å²) in [7, 11) is 1.99. The van der Waals surface area contributed by atoms with Crippen LogP contribution >= 0.6 is 0 Å². The molecule has 1 aromatic heterocycles. The first-order valence-electron chi connectivity index (χ1n) is 8.46. The summed E-state index contributed by atoms with van der Waals surface area (Å²) in [5.41, 5.74) is 2.25. The molecule has 7 nitrogen and oxygen atoms in total. The highest BCUT2D eigenvalue weighted by molar-refractivity contribution is 5.75. The van der Waals surface area contributed by atoms with Gasteiger partial charge in [0.2, 0.25) is 5.91 Å². The van der Waals surface area contributed by atoms with Crippen LogP contribution in [0.1, 0.15) is 31.0 Å². The van der Waals surface area contributed by atoms with Crippen LogP contribution < -0.4 is 15.5 Å². The molecule has 0 radical (unpaired) electrons. The summed E-state index contributed by atoms with van der Waals surface area (Å²) in [5, 5.41) is 10.8. The van der Waals surface area contributed by atoms with Crippen LogP contribution in [-0.2, 0) is 23.1 Å². The van der Waals surface area contributed by atoms with Gasteiger partial charge >= 0.3 is 0 Å². The fourth-order valence-electron chi connectivity index (χ4n) is 2.84. The Labute approximate surface area is 138 Å². The Bertz CT molecular complexity index is 509. The second-order valence-electron chi connectivity index (χ2n) is 5.89. The average molecular weight is 323 g/mol. The summed E-state index contributed by atoms with van der Waals surface area (Å²) in [6, 6.07) is 0. The van der Waals surface area contributed by atoms with E-state index >= 15 is 0 Å². The van der Waals surface area contributed by atoms with Gasteiger partial charge in [-0.05, 0) is 13.3 Å². The number of morpholine rings is 1. The summed E-state index contributed by atoms with van der Waals surface area (Å²) in [4.78, 5) is 13.9. The summed E-state index contributed by atoms with van der Waals surface area (Å²) in [6.07, 6.45) is 1.48. The molecule has 1 fully saturated rings. The van der Waals surface area contributed by atoms with Crippen molar-refractivity contribution < 1.29 is 9.53 Å². The number of ether oxygens (including phenoxy) is 1. The van der Waals surface area contributed by atoms with Crippen LogP contribution in [0.25, 0.3) is 0 Å². The van der Waals surface area contributed by atoms with Crippen molar-refractivity contribution in [3.8, 4) is 0 Å². The van der Waals surface area contributed by atoms with Crippen molar-refractivity contribution in [2.45, 2.75) is 33.2 Å². The van der Waals surface area contributed by atoms with Crippen LogP contribution in [0.3, 0.4) is 0 Å². The van der Waals surface area contributed by atoms with E-state index in [1.807, 2.05) is 18.7 Å². The summed E-state index contributed by atoms with van der Waals surface area (Å²) < 4.78 is 7.38. The Kier molecular flexibility index (Phi) is 6.85. The van der Waals surface area contributed by atoms with E-state index in [-0.39, 0.29) is 5.91 Å². The number of carbonyl (C=O) groups is 1. The SMILES string of the molecule is CCCNC(=O)CCNCc1c(C)nn(C)c1N1CCOCC1. The van der Waals surface area contributed by atoms with Crippen molar-refractivity contribution in [3.05, 3.63) is 11.3 Å². The molecule has 1 aliphatic rings. The smallest absolute Gasteiger partial charge is 0.221 e. The highest BCUT2D eigenvalue weighted by Crippen LogP contribution is 2.23. The Morgan fingerprint density at radius 3 is 2.74 bits per heavy atom. The van der Waals surface area contributed by atoms with Crippen LogP contribution in [0.2, 0.25) is 0 Å². The van der Waals surface area contributed by atoms with E-state index in [1.165, 1.54) is 5.56 Å². The molecule has 0 unspecified atom stereocenters. The molecule has 0 atom stereocenters. The third kappa shape index (κ3) is 4.94. The molecule has 0 aromatic carbocycles. The predicted molar refractivity (Wildman–Crippen MR) is 90.6 cm³/mol. The van der Waals surface area contributed by atoms with Crippen molar-refractivity contribution in [1.29, 1.82) is 0 Å². The first kappa shape index (κ1) is 17.7. The molecular weight excluding hydrogens is 294 g/mol. The molecule has 0 spiro atoms. The number of anilines is 1. The Morgan fingerprint density at radius 1 is 1.30 bits per heavy atom. The lowest BCUT2D eigenvalue weighted by molar-refractivity contribution is -0.120. The standard InChI is InChI=1S/C16H29N5O2/c1-4-6-18-15(22)5-7-17-12-14-13(2)19-20(3)16(14)21-8-10-23-11-9-21/h17H,4-12H2,1-3H3,(H,18,22). The average Bonchev–Trinajstić information content (AvgIpc) is 2.84. The van der Waals surface area contributed by atoms with E-state index in [0.29, 0.717) is 13.0 Å². The maximum absolute atomic E-state index is 11.6. The molecule has 0 bridgehead atoms. The first-order chi connectivity index (χ1) is 11.1. The van der Waals surface area contributed by atoms with Gasteiger partial charge in [-0.2, -0.15) is 5.10 Å². The van der Waals surface area contributed by atoms with E-state index in [4.69, 9.17) is 4.74 Å². The molecule has 0 saturated carbocycles. The molecule has 7 heteroatoms. The zero-order chi connectivity index (χ0) is 16.7. The Balaban J connectivity index is 1.88. The zero-order valence-electron chi connectivity index (χ0n) is 14.5. The van der Waals surface area contributed by atoms with E-state index in [9.17, 15) is 4.79 Å². The highest BCUT2D eigenvalue weighted by atomic mass is 16.5. The largest absolute Gasteiger partial charge is 0.378 e. The molecule has 2 rings (SSSR count). The van der Waals surface area contributed by atoms with Gasteiger partial charge in [0.1, 0.15) is 5.82 Å². The first-order valence-corrected chi connectivity index (χ1v) is 8.46. The molecule has 2 N–H and O–H groups in total. The number of nitrogens with one attached hydrogen (secondary N) is 2. The molecule has 0 aliphatic carbocycles. The van der Waals surface area contributed by atoms with Crippen molar-refractivity contribution in [2.75, 3.05) is 44.3 Å². The number of hydrogen-bond donors (Lipinski definition) is 2. The number of amides is 1. The number of nitrogens with zero attached hydrogens (tertiary/aromatic N) is 3. The molecule has 1 amide bonds. The minimum atomic E-state index is 0.107. The van der Waals surface area contributed by atoms with Gasteiger partial charge in [0.15, 0.2) is 0 Å². The number of aryl methyl sites for hydroxylation is 2. The molecule has 23 heavy (non-hydrogen) atoms. The molecule has 1 saturated heterocycles. The molecule has 1 aliphatic heterocycles. The van der Waals surface area contributed by atoms with Gasteiger partial charge in [-0.15, -0.1) is 0 Å². The van der Waals surface area contributed by atoms with Gasteiger partial charge in [-0.3, -0.25) is 9.48 Å². The van der Waals surface area contributed by atoms with Crippen LogP contribution in [-0.4, -0.2) is 55.1 Å². The predicted octanol–water partition coefficient (Wildman–Crippen LogP) is 0.571. The normalized spacial score (nSPS) is 15.0. The number of carbonyl (C=O) groups excluding carboxylic acids is 1. The number of rotatable bonds is 8. The van der Waals surface area contributed by atoms with Crippen LogP contribution in [0.5, 0.6) is 0 Å². The van der Waals surface area contributed by atoms with Crippen molar-refractivity contribution in [1.82, 2.24) is 20.4 Å². The minimum absolute atomic E-state index is 0.107. The lowest BCUT2D eigenvalue weighted by atomic mass is 10.2. The van der Waals surface area contributed by atoms with E-state index in [1.54, 1.807) is 0 Å². The van der Waals surface area contributed by atoms with E-state index in [2.05, 4.69) is 27.6 Å². The Morgan fingerprint density at radius 2 is 2.04 bits per heavy atom. The van der Waals surface area contributed by atoms with Gasteiger partial charge in [0.25, 0.3) is 0 Å². The lowest BCUT2D eigenvalue weighted by Crippen LogP contribution is -2.38. The number of hydrogen-bond acceptors (Lipinski definition) is 5. The van der Waals surface area contributed by atoms with Gasteiger partial charge in [0, 0.05) is 51.8 Å². The second-order valence-corrected chi connectivity index (χ2v) is 5.89. The van der Waals surface area contributed by atoms with Gasteiger partial charge in [-0.25, -0.2) is 0 Å². The summed E-state index contributed by atoms with van der Waals surface area (Å²) >= 11 is 0. The van der Waals surface area contributed by atoms with Crippen molar-refractivity contribution in [3.63, 3.8) is 0 Å². The maximum Gasteiger partial charge on any atom is 0.221 e. The van der Waals surface area contributed by atoms with Gasteiger partial charge < -0.3 is 20.3 Å². The fraction of sp³-hybridized carbons (Fsp3) is 0.750. The van der Waals surface area contributed by atoms with E-state index in [0.717, 1.165) is 57.3 Å². The topological polar surface area (TPSA) is 71.4 Å². The zero-order valence-corrected chi connectivity index (χ0v) is 14.5. The third-order valence-electron chi connectivity index (χ3n) is 4.03. The minimum Gasteiger partial charge on any atom is -0.378 e. The monoisotopic (exact) mass is 323 g/mol. The van der Waals surface area contributed by atoms with Crippen LogP contribution in [0.4, 0.5) is 5.82 Å². The molecular formula is C16H29N5O2. The van der Waals surface area contributed by atoms with Crippen molar-refractivity contribution >= 4 is 11.7 Å². The molecule has 130 valence electrons. The van der Waals surface area contributed by atoms with Crippen LogP contribution in [0, 0.1) is 6.92 Å². The highest BCUT2D eigenvalue weighted by Gasteiger charge is 2.20. The van der Waals surface area contributed by atoms with E-state index < -0.39 is 0 Å². The van der Waals surface area contributed by atoms with Crippen LogP contribution in [0.15, 0.2) is 0 Å². The maximum atomic E-state index is 11.6.